The van der Waals surface area contributed by atoms with Crippen LogP contribution in [0.2, 0.25) is 0 Å². The number of likely N-dealkylation sites (tertiary alicyclic amines) is 1. The van der Waals surface area contributed by atoms with Crippen LogP contribution in [0.25, 0.3) is 0 Å². The van der Waals surface area contributed by atoms with Gasteiger partial charge in [-0.2, -0.15) is 0 Å². The molecule has 1 aromatic heterocycles. The maximum Gasteiger partial charge on any atom is 0.0798 e. The highest BCUT2D eigenvalue weighted by atomic mass is 35.5. The van der Waals surface area contributed by atoms with E-state index in [2.05, 4.69) is 9.88 Å². The fourth-order valence-corrected chi connectivity index (χ4v) is 3.19. The number of rotatable bonds is 3. The van der Waals surface area contributed by atoms with E-state index in [1.807, 2.05) is 16.8 Å². The van der Waals surface area contributed by atoms with Crippen LogP contribution in [0, 0.1) is 0 Å². The molecule has 0 aromatic carbocycles. The first-order valence-corrected chi connectivity index (χ1v) is 6.61. The lowest BCUT2D eigenvalue weighted by atomic mass is 10.2. The molecule has 3 rings (SSSR count). The monoisotopic (exact) mass is 259 g/mol. The summed E-state index contributed by atoms with van der Waals surface area (Å²) in [5.74, 6) is 0.780. The lowest BCUT2D eigenvalue weighted by Crippen LogP contribution is -2.26. The third kappa shape index (κ3) is 2.56. The van der Waals surface area contributed by atoms with E-state index in [4.69, 9.17) is 5.73 Å². The van der Waals surface area contributed by atoms with Gasteiger partial charge in [0.15, 0.2) is 0 Å². The minimum Gasteiger partial charge on any atom is -0.326 e. The summed E-state index contributed by atoms with van der Waals surface area (Å²) in [6, 6.07) is 0.391. The number of nitrogens with zero attached hydrogens (tertiary/aromatic N) is 2. The highest BCUT2D eigenvalue weighted by Crippen LogP contribution is 2.42. The van der Waals surface area contributed by atoms with E-state index in [9.17, 15) is 0 Å². The van der Waals surface area contributed by atoms with Crippen molar-refractivity contribution in [2.24, 2.45) is 5.73 Å². The highest BCUT2D eigenvalue weighted by molar-refractivity contribution is 7.09. The maximum absolute atomic E-state index is 5.91. The molecule has 1 atom stereocenters. The summed E-state index contributed by atoms with van der Waals surface area (Å²) in [6.45, 7) is 3.29. The van der Waals surface area contributed by atoms with Crippen molar-refractivity contribution in [2.75, 3.05) is 13.1 Å². The van der Waals surface area contributed by atoms with Crippen LogP contribution in [0.15, 0.2) is 5.51 Å². The van der Waals surface area contributed by atoms with Crippen LogP contribution in [0.1, 0.15) is 35.8 Å². The molecule has 2 aliphatic rings. The van der Waals surface area contributed by atoms with Crippen LogP contribution in [0.4, 0.5) is 0 Å². The minimum atomic E-state index is 0. The zero-order chi connectivity index (χ0) is 10.3. The summed E-state index contributed by atoms with van der Waals surface area (Å²) in [6.07, 6.45) is 3.84. The quantitative estimate of drug-likeness (QED) is 0.903. The normalized spacial score (nSPS) is 25.7. The van der Waals surface area contributed by atoms with Gasteiger partial charge in [0.25, 0.3) is 0 Å². The van der Waals surface area contributed by atoms with E-state index in [1.165, 1.54) is 23.4 Å². The Hall–Kier alpha value is -0.160. The lowest BCUT2D eigenvalue weighted by molar-refractivity contribution is 0.328. The highest BCUT2D eigenvalue weighted by Gasteiger charge is 2.29. The Labute approximate surface area is 106 Å². The summed E-state index contributed by atoms with van der Waals surface area (Å²) in [7, 11) is 0. The van der Waals surface area contributed by atoms with Crippen LogP contribution < -0.4 is 5.73 Å². The van der Waals surface area contributed by atoms with Crippen LogP contribution in [-0.2, 0) is 6.54 Å². The van der Waals surface area contributed by atoms with Crippen LogP contribution in [0.3, 0.4) is 0 Å². The first-order chi connectivity index (χ1) is 7.33. The summed E-state index contributed by atoms with van der Waals surface area (Å²) in [5, 5.41) is 0. The van der Waals surface area contributed by atoms with Crippen molar-refractivity contribution in [1.82, 2.24) is 9.88 Å². The van der Waals surface area contributed by atoms with Crippen molar-refractivity contribution < 1.29 is 0 Å². The van der Waals surface area contributed by atoms with Crippen LogP contribution in [0.5, 0.6) is 0 Å². The first kappa shape index (κ1) is 12.3. The number of halogens is 1. The van der Waals surface area contributed by atoms with Gasteiger partial charge in [0.2, 0.25) is 0 Å². The van der Waals surface area contributed by atoms with Gasteiger partial charge in [0, 0.05) is 36.5 Å². The molecule has 1 aromatic rings. The zero-order valence-corrected chi connectivity index (χ0v) is 10.9. The molecule has 1 aliphatic heterocycles. The molecule has 5 heteroatoms. The van der Waals surface area contributed by atoms with E-state index >= 15 is 0 Å². The molecule has 2 N–H and O–H groups in total. The van der Waals surface area contributed by atoms with E-state index in [0.29, 0.717) is 6.04 Å². The predicted molar refractivity (Wildman–Crippen MR) is 69.2 cm³/mol. The minimum absolute atomic E-state index is 0. The van der Waals surface area contributed by atoms with Gasteiger partial charge in [-0.15, -0.1) is 23.7 Å². The second-order valence-electron chi connectivity index (χ2n) is 4.72. The zero-order valence-electron chi connectivity index (χ0n) is 9.26. The van der Waals surface area contributed by atoms with Crippen LogP contribution >= 0.6 is 23.7 Å². The Morgan fingerprint density at radius 2 is 2.25 bits per heavy atom. The van der Waals surface area contributed by atoms with Crippen molar-refractivity contribution >= 4 is 23.7 Å². The van der Waals surface area contributed by atoms with Crippen molar-refractivity contribution in [1.29, 1.82) is 0 Å². The summed E-state index contributed by atoms with van der Waals surface area (Å²) in [5.41, 5.74) is 9.28. The van der Waals surface area contributed by atoms with Gasteiger partial charge in [-0.3, -0.25) is 4.90 Å². The molecule has 0 amide bonds. The van der Waals surface area contributed by atoms with Gasteiger partial charge in [0.05, 0.1) is 11.2 Å². The third-order valence-corrected chi connectivity index (χ3v) is 4.15. The maximum atomic E-state index is 5.91. The molecule has 0 bridgehead atoms. The smallest absolute Gasteiger partial charge is 0.0798 e. The van der Waals surface area contributed by atoms with Crippen molar-refractivity contribution in [2.45, 2.75) is 37.8 Å². The molecular weight excluding hydrogens is 242 g/mol. The van der Waals surface area contributed by atoms with Gasteiger partial charge in [-0.05, 0) is 19.3 Å². The van der Waals surface area contributed by atoms with Crippen molar-refractivity contribution in [3.8, 4) is 0 Å². The molecule has 0 spiro atoms. The van der Waals surface area contributed by atoms with Gasteiger partial charge < -0.3 is 5.73 Å². The SMILES string of the molecule is Cl.N[C@@H]1CCN(Cc2scnc2C2CC2)C1. The van der Waals surface area contributed by atoms with Crippen LogP contribution in [-0.4, -0.2) is 29.0 Å². The molecule has 1 saturated heterocycles. The average Bonchev–Trinajstić information content (AvgIpc) is 2.83. The van der Waals surface area contributed by atoms with E-state index in [-0.39, 0.29) is 12.4 Å². The summed E-state index contributed by atoms with van der Waals surface area (Å²) < 4.78 is 0. The molecule has 2 fully saturated rings. The fourth-order valence-electron chi connectivity index (χ4n) is 2.30. The molecular formula is C11H18ClN3S. The van der Waals surface area contributed by atoms with Gasteiger partial charge >= 0.3 is 0 Å². The first-order valence-electron chi connectivity index (χ1n) is 5.73. The topological polar surface area (TPSA) is 42.1 Å². The molecule has 90 valence electrons. The summed E-state index contributed by atoms with van der Waals surface area (Å²) in [4.78, 5) is 8.44. The number of hydrogen-bond acceptors (Lipinski definition) is 4. The van der Waals surface area contributed by atoms with Gasteiger partial charge in [0.1, 0.15) is 0 Å². The van der Waals surface area contributed by atoms with Crippen molar-refractivity contribution in [3.05, 3.63) is 16.1 Å². The Kier molecular flexibility index (Phi) is 3.85. The van der Waals surface area contributed by atoms with E-state index < -0.39 is 0 Å². The number of nitrogens with two attached hydrogens (primary N) is 1. The molecule has 0 radical (unpaired) electrons. The molecule has 3 nitrogen and oxygen atoms in total. The number of thiazole rings is 1. The largest absolute Gasteiger partial charge is 0.326 e. The number of hydrogen-bond donors (Lipinski definition) is 1. The lowest BCUT2D eigenvalue weighted by Gasteiger charge is -2.14. The Bertz CT molecular complexity index is 351. The molecule has 2 heterocycles. The molecule has 16 heavy (non-hydrogen) atoms. The molecule has 1 saturated carbocycles. The second-order valence-corrected chi connectivity index (χ2v) is 5.66. The Balaban J connectivity index is 0.000000963. The Morgan fingerprint density at radius 3 is 2.88 bits per heavy atom. The average molecular weight is 260 g/mol. The number of aromatic nitrogens is 1. The Morgan fingerprint density at radius 1 is 1.44 bits per heavy atom. The second kappa shape index (κ2) is 5.00. The van der Waals surface area contributed by atoms with Gasteiger partial charge in [-0.1, -0.05) is 0 Å². The van der Waals surface area contributed by atoms with Gasteiger partial charge in [-0.25, -0.2) is 4.98 Å². The van der Waals surface area contributed by atoms with Crippen molar-refractivity contribution in [3.63, 3.8) is 0 Å². The summed E-state index contributed by atoms with van der Waals surface area (Å²) >= 11 is 1.81. The molecule has 0 unspecified atom stereocenters. The van der Waals surface area contributed by atoms with E-state index in [1.54, 1.807) is 0 Å². The third-order valence-electron chi connectivity index (χ3n) is 3.31. The fraction of sp³-hybridized carbons (Fsp3) is 0.727. The predicted octanol–water partition coefficient (Wildman–Crippen LogP) is 1.98. The standard InChI is InChI=1S/C11H17N3S.ClH/c12-9-3-4-14(5-9)6-10-11(8-1-2-8)13-7-15-10;/h7-9H,1-6,12H2;1H/t9-;/m1./s1. The molecule has 1 aliphatic carbocycles. The van der Waals surface area contributed by atoms with E-state index in [0.717, 1.165) is 32.0 Å².